The number of aromatic nitrogens is 4. The van der Waals surface area contributed by atoms with Gasteiger partial charge in [-0.1, -0.05) is 16.8 Å². The summed E-state index contributed by atoms with van der Waals surface area (Å²) in [6, 6.07) is 7.03. The van der Waals surface area contributed by atoms with Crippen LogP contribution in [-0.4, -0.2) is 25.9 Å². The summed E-state index contributed by atoms with van der Waals surface area (Å²) in [6.45, 7) is 0.305. The Morgan fingerprint density at radius 2 is 2.10 bits per heavy atom. The van der Waals surface area contributed by atoms with Gasteiger partial charge in [0.05, 0.1) is 27.6 Å². The molecule has 3 aromatic heterocycles. The number of amides is 1. The molecule has 0 aliphatic heterocycles. The highest BCUT2D eigenvalue weighted by Crippen LogP contribution is 2.21. The van der Waals surface area contributed by atoms with Crippen LogP contribution in [0.5, 0.6) is 0 Å². The Morgan fingerprint density at radius 3 is 2.81 bits per heavy atom. The van der Waals surface area contributed by atoms with Crippen LogP contribution < -0.4 is 5.32 Å². The van der Waals surface area contributed by atoms with Crippen molar-refractivity contribution in [1.29, 1.82) is 0 Å². The molecule has 6 nitrogen and oxygen atoms in total. The molecule has 21 heavy (non-hydrogen) atoms. The average molecular weight is 320 g/mol. The van der Waals surface area contributed by atoms with Crippen LogP contribution in [0.1, 0.15) is 15.4 Å². The highest BCUT2D eigenvalue weighted by atomic mass is 35.5. The third-order valence-electron chi connectivity index (χ3n) is 2.70. The molecule has 0 aliphatic rings. The molecule has 3 rings (SSSR count). The molecular weight excluding hydrogens is 310 g/mol. The van der Waals surface area contributed by atoms with Crippen molar-refractivity contribution < 1.29 is 4.79 Å². The van der Waals surface area contributed by atoms with E-state index in [1.807, 2.05) is 12.1 Å². The number of carbonyl (C=O) groups is 1. The quantitative estimate of drug-likeness (QED) is 0.801. The van der Waals surface area contributed by atoms with Gasteiger partial charge in [-0.15, -0.1) is 16.4 Å². The smallest absolute Gasteiger partial charge is 0.261 e. The van der Waals surface area contributed by atoms with Gasteiger partial charge in [0.25, 0.3) is 5.91 Å². The number of halogens is 1. The van der Waals surface area contributed by atoms with Crippen LogP contribution in [0.15, 0.2) is 42.9 Å². The Balaban J connectivity index is 1.64. The Kier molecular flexibility index (Phi) is 3.94. The van der Waals surface area contributed by atoms with Crippen molar-refractivity contribution in [2.75, 3.05) is 0 Å². The second kappa shape index (κ2) is 6.02. The molecule has 0 aliphatic carbocycles. The average Bonchev–Trinajstić information content (AvgIpc) is 3.15. The van der Waals surface area contributed by atoms with E-state index in [4.69, 9.17) is 11.6 Å². The predicted molar refractivity (Wildman–Crippen MR) is 79.7 cm³/mol. The maximum absolute atomic E-state index is 11.9. The lowest BCUT2D eigenvalue weighted by Gasteiger charge is -2.00. The van der Waals surface area contributed by atoms with Gasteiger partial charge in [-0.3, -0.25) is 9.78 Å². The van der Waals surface area contributed by atoms with Crippen LogP contribution >= 0.6 is 22.9 Å². The number of hydrogen-bond acceptors (Lipinski definition) is 5. The van der Waals surface area contributed by atoms with Crippen molar-refractivity contribution in [3.05, 3.63) is 57.8 Å². The minimum Gasteiger partial charge on any atom is -0.346 e. The van der Waals surface area contributed by atoms with Crippen LogP contribution in [0.3, 0.4) is 0 Å². The second-order valence-corrected chi connectivity index (χ2v) is 5.86. The minimum atomic E-state index is -0.176. The van der Waals surface area contributed by atoms with E-state index in [1.165, 1.54) is 11.3 Å². The first kappa shape index (κ1) is 13.7. The molecule has 1 N–H and O–H groups in total. The second-order valence-electron chi connectivity index (χ2n) is 4.15. The third kappa shape index (κ3) is 3.26. The molecule has 0 radical (unpaired) electrons. The fourth-order valence-electron chi connectivity index (χ4n) is 1.70. The van der Waals surface area contributed by atoms with E-state index in [2.05, 4.69) is 20.6 Å². The molecule has 106 valence electrons. The summed E-state index contributed by atoms with van der Waals surface area (Å²) in [5.41, 5.74) is 1.53. The SMILES string of the molecule is O=C(NCc1cn(-c2ccncc2)nn1)c1ccc(Cl)s1. The van der Waals surface area contributed by atoms with Gasteiger partial charge in [0.2, 0.25) is 0 Å². The molecule has 3 aromatic rings. The molecule has 0 saturated carbocycles. The first-order valence-electron chi connectivity index (χ1n) is 6.07. The standard InChI is InChI=1S/C13H10ClN5OS/c14-12-2-1-11(21-12)13(20)16-7-9-8-19(18-17-9)10-3-5-15-6-4-10/h1-6,8H,7H2,(H,16,20). The van der Waals surface area contributed by atoms with Crippen LogP contribution in [-0.2, 0) is 6.54 Å². The molecule has 0 aromatic carbocycles. The zero-order chi connectivity index (χ0) is 14.7. The number of nitrogens with one attached hydrogen (secondary N) is 1. The van der Waals surface area contributed by atoms with Crippen LogP contribution in [0.4, 0.5) is 0 Å². The molecule has 0 bridgehead atoms. The zero-order valence-electron chi connectivity index (χ0n) is 10.7. The van der Waals surface area contributed by atoms with Crippen molar-refractivity contribution in [3.8, 4) is 5.69 Å². The maximum Gasteiger partial charge on any atom is 0.261 e. The van der Waals surface area contributed by atoms with Crippen molar-refractivity contribution in [2.45, 2.75) is 6.54 Å². The molecule has 1 amide bonds. The van der Waals surface area contributed by atoms with E-state index >= 15 is 0 Å². The summed E-state index contributed by atoms with van der Waals surface area (Å²) in [7, 11) is 0. The van der Waals surface area contributed by atoms with Crippen LogP contribution in [0.25, 0.3) is 5.69 Å². The fraction of sp³-hybridized carbons (Fsp3) is 0.0769. The fourth-order valence-corrected chi connectivity index (χ4v) is 2.66. The van der Waals surface area contributed by atoms with E-state index in [0.29, 0.717) is 21.5 Å². The van der Waals surface area contributed by atoms with E-state index in [1.54, 1.807) is 35.4 Å². The first-order valence-corrected chi connectivity index (χ1v) is 7.27. The lowest BCUT2D eigenvalue weighted by Crippen LogP contribution is -2.21. The zero-order valence-corrected chi connectivity index (χ0v) is 12.3. The van der Waals surface area contributed by atoms with E-state index < -0.39 is 0 Å². The van der Waals surface area contributed by atoms with Crippen molar-refractivity contribution in [2.24, 2.45) is 0 Å². The maximum atomic E-state index is 11.9. The van der Waals surface area contributed by atoms with Crippen molar-refractivity contribution in [3.63, 3.8) is 0 Å². The van der Waals surface area contributed by atoms with Gasteiger partial charge in [-0.25, -0.2) is 4.68 Å². The molecular formula is C13H10ClN5OS. The summed E-state index contributed by atoms with van der Waals surface area (Å²) in [5, 5.41) is 10.8. The Hall–Kier alpha value is -2.25. The Bertz CT molecular complexity index is 755. The number of rotatable bonds is 4. The van der Waals surface area contributed by atoms with Gasteiger partial charge >= 0.3 is 0 Å². The van der Waals surface area contributed by atoms with E-state index in [-0.39, 0.29) is 5.91 Å². The number of hydrogen-bond donors (Lipinski definition) is 1. The minimum absolute atomic E-state index is 0.176. The van der Waals surface area contributed by atoms with Gasteiger partial charge in [0.15, 0.2) is 0 Å². The highest BCUT2D eigenvalue weighted by Gasteiger charge is 2.09. The largest absolute Gasteiger partial charge is 0.346 e. The van der Waals surface area contributed by atoms with Gasteiger partial charge < -0.3 is 5.32 Å². The number of pyridine rings is 1. The number of carbonyl (C=O) groups excluding carboxylic acids is 1. The van der Waals surface area contributed by atoms with E-state index in [9.17, 15) is 4.79 Å². The van der Waals surface area contributed by atoms with Crippen LogP contribution in [0, 0.1) is 0 Å². The van der Waals surface area contributed by atoms with Gasteiger partial charge in [0, 0.05) is 12.4 Å². The summed E-state index contributed by atoms with van der Waals surface area (Å²) in [4.78, 5) is 16.4. The van der Waals surface area contributed by atoms with Gasteiger partial charge in [0.1, 0.15) is 5.69 Å². The number of thiophene rings is 1. The van der Waals surface area contributed by atoms with Crippen LogP contribution in [0.2, 0.25) is 4.34 Å². The molecule has 0 fully saturated rings. The topological polar surface area (TPSA) is 72.7 Å². The molecule has 8 heteroatoms. The molecule has 0 atom stereocenters. The van der Waals surface area contributed by atoms with Gasteiger partial charge in [-0.05, 0) is 24.3 Å². The summed E-state index contributed by atoms with van der Waals surface area (Å²) >= 11 is 7.04. The molecule has 3 heterocycles. The van der Waals surface area contributed by atoms with E-state index in [0.717, 1.165) is 5.69 Å². The highest BCUT2D eigenvalue weighted by molar-refractivity contribution is 7.17. The molecule has 0 spiro atoms. The Labute approximate surface area is 129 Å². The monoisotopic (exact) mass is 319 g/mol. The van der Waals surface area contributed by atoms with Crippen molar-refractivity contribution in [1.82, 2.24) is 25.3 Å². The lowest BCUT2D eigenvalue weighted by molar-refractivity contribution is 0.0954. The third-order valence-corrected chi connectivity index (χ3v) is 3.93. The number of nitrogens with zero attached hydrogens (tertiary/aromatic N) is 4. The lowest BCUT2D eigenvalue weighted by atomic mass is 10.4. The molecule has 0 saturated heterocycles. The summed E-state index contributed by atoms with van der Waals surface area (Å²) in [5.74, 6) is -0.176. The predicted octanol–water partition coefficient (Wildman–Crippen LogP) is 2.31. The van der Waals surface area contributed by atoms with Crippen molar-refractivity contribution >= 4 is 28.8 Å². The summed E-state index contributed by atoms with van der Waals surface area (Å²) < 4.78 is 2.22. The summed E-state index contributed by atoms with van der Waals surface area (Å²) in [6.07, 6.45) is 5.12. The first-order chi connectivity index (χ1) is 10.2. The Morgan fingerprint density at radius 1 is 1.29 bits per heavy atom. The molecule has 0 unspecified atom stereocenters. The van der Waals surface area contributed by atoms with Gasteiger partial charge in [-0.2, -0.15) is 0 Å². The normalized spacial score (nSPS) is 10.5.